The van der Waals surface area contributed by atoms with Crippen molar-refractivity contribution >= 4 is 35.6 Å². The standard InChI is InChI=1S/C20H20N4O8/c21-19(22)23-14-5-3-13(4-6-14)18(29)32-15-7-1-12(2-8-15)11-31-20(30)24(9-16(25)26)10-17(27)28/h1-8H,9-11H2,(H,25,26)(H,27,28)(H4,21,22,23). The lowest BCUT2D eigenvalue weighted by Crippen LogP contribution is -2.39. The predicted molar refractivity (Wildman–Crippen MR) is 110 cm³/mol. The summed E-state index contributed by atoms with van der Waals surface area (Å²) >= 11 is 0. The summed E-state index contributed by atoms with van der Waals surface area (Å²) in [7, 11) is 0. The third-order valence-corrected chi connectivity index (χ3v) is 3.81. The van der Waals surface area contributed by atoms with Gasteiger partial charge in [-0.2, -0.15) is 0 Å². The Morgan fingerprint density at radius 1 is 0.938 bits per heavy atom. The van der Waals surface area contributed by atoms with E-state index in [-0.39, 0.29) is 23.9 Å². The summed E-state index contributed by atoms with van der Waals surface area (Å²) in [6.07, 6.45) is -1.09. The van der Waals surface area contributed by atoms with Gasteiger partial charge in [0.15, 0.2) is 5.96 Å². The van der Waals surface area contributed by atoms with Gasteiger partial charge in [-0.15, -0.1) is 0 Å². The van der Waals surface area contributed by atoms with Crippen molar-refractivity contribution in [2.45, 2.75) is 6.61 Å². The highest BCUT2D eigenvalue weighted by molar-refractivity contribution is 5.93. The van der Waals surface area contributed by atoms with Crippen molar-refractivity contribution in [2.75, 3.05) is 18.4 Å². The van der Waals surface area contributed by atoms with Crippen molar-refractivity contribution in [2.24, 2.45) is 5.73 Å². The zero-order valence-electron chi connectivity index (χ0n) is 16.6. The van der Waals surface area contributed by atoms with Crippen molar-refractivity contribution in [1.29, 1.82) is 5.41 Å². The van der Waals surface area contributed by atoms with Crippen LogP contribution in [0.1, 0.15) is 15.9 Å². The van der Waals surface area contributed by atoms with Crippen LogP contribution in [0.3, 0.4) is 0 Å². The second-order valence-electron chi connectivity index (χ2n) is 6.35. The average Bonchev–Trinajstić information content (AvgIpc) is 2.72. The quantitative estimate of drug-likeness (QED) is 0.163. The second kappa shape index (κ2) is 11.0. The van der Waals surface area contributed by atoms with Crippen molar-refractivity contribution in [3.05, 3.63) is 59.7 Å². The fourth-order valence-corrected chi connectivity index (χ4v) is 2.41. The van der Waals surface area contributed by atoms with Gasteiger partial charge in [0, 0.05) is 5.69 Å². The molecule has 12 nitrogen and oxygen atoms in total. The van der Waals surface area contributed by atoms with Gasteiger partial charge in [0.05, 0.1) is 5.56 Å². The van der Waals surface area contributed by atoms with E-state index in [0.717, 1.165) is 0 Å². The molecule has 0 aliphatic heterocycles. The Kier molecular flexibility index (Phi) is 8.11. The zero-order valence-corrected chi connectivity index (χ0v) is 16.6. The summed E-state index contributed by atoms with van der Waals surface area (Å²) < 4.78 is 10.2. The number of benzene rings is 2. The summed E-state index contributed by atoms with van der Waals surface area (Å²) in [5, 5.41) is 27.3. The van der Waals surface area contributed by atoms with Gasteiger partial charge in [0.1, 0.15) is 25.4 Å². The minimum atomic E-state index is -1.38. The molecule has 0 unspecified atom stereocenters. The molecule has 0 aromatic heterocycles. The Balaban J connectivity index is 1.91. The lowest BCUT2D eigenvalue weighted by molar-refractivity contribution is -0.141. The average molecular weight is 444 g/mol. The Morgan fingerprint density at radius 2 is 1.50 bits per heavy atom. The van der Waals surface area contributed by atoms with E-state index in [9.17, 15) is 19.2 Å². The molecule has 0 spiro atoms. The molecule has 0 radical (unpaired) electrons. The molecule has 168 valence electrons. The Labute approximate surface area is 181 Å². The summed E-state index contributed by atoms with van der Waals surface area (Å²) in [4.78, 5) is 46.2. The van der Waals surface area contributed by atoms with Crippen LogP contribution >= 0.6 is 0 Å². The number of hydrogen-bond acceptors (Lipinski definition) is 7. The fourth-order valence-electron chi connectivity index (χ4n) is 2.41. The van der Waals surface area contributed by atoms with Gasteiger partial charge in [-0.25, -0.2) is 9.59 Å². The van der Waals surface area contributed by atoms with E-state index in [1.165, 1.54) is 36.4 Å². The predicted octanol–water partition coefficient (Wildman–Crippen LogP) is 1.32. The maximum atomic E-state index is 12.2. The number of aliphatic carboxylic acids is 2. The number of carbonyl (C=O) groups excluding carboxylic acids is 2. The molecule has 0 saturated carbocycles. The largest absolute Gasteiger partial charge is 0.480 e. The molecule has 6 N–H and O–H groups in total. The van der Waals surface area contributed by atoms with Gasteiger partial charge in [0.25, 0.3) is 0 Å². The first kappa shape index (κ1) is 23.7. The summed E-state index contributed by atoms with van der Waals surface area (Å²) in [5.41, 5.74) is 6.55. The molecule has 0 bridgehead atoms. The van der Waals surface area contributed by atoms with Crippen molar-refractivity contribution in [1.82, 2.24) is 4.90 Å². The maximum absolute atomic E-state index is 12.2. The first-order chi connectivity index (χ1) is 15.1. The van der Waals surface area contributed by atoms with Crippen LogP contribution < -0.4 is 15.8 Å². The number of nitrogens with two attached hydrogens (primary N) is 1. The first-order valence-electron chi connectivity index (χ1n) is 9.01. The zero-order chi connectivity index (χ0) is 23.7. The summed E-state index contributed by atoms with van der Waals surface area (Å²) in [6.45, 7) is -1.87. The molecule has 1 amide bonds. The molecule has 0 aliphatic carbocycles. The van der Waals surface area contributed by atoms with E-state index >= 15 is 0 Å². The molecule has 0 aliphatic rings. The number of carboxylic acid groups (broad SMARTS) is 2. The number of anilines is 1. The van der Waals surface area contributed by atoms with Crippen LogP contribution in [-0.2, 0) is 20.9 Å². The van der Waals surface area contributed by atoms with Crippen LogP contribution in [0.2, 0.25) is 0 Å². The maximum Gasteiger partial charge on any atom is 0.411 e. The molecular weight excluding hydrogens is 424 g/mol. The summed E-state index contributed by atoms with van der Waals surface area (Å²) in [5.74, 6) is -3.37. The Morgan fingerprint density at radius 3 is 2.00 bits per heavy atom. The molecule has 2 aromatic rings. The van der Waals surface area contributed by atoms with Crippen molar-refractivity contribution in [3.63, 3.8) is 0 Å². The fraction of sp³-hybridized carbons (Fsp3) is 0.150. The molecule has 12 heteroatoms. The van der Waals surface area contributed by atoms with E-state index in [4.69, 9.17) is 30.8 Å². The molecule has 2 rings (SSSR count). The van der Waals surface area contributed by atoms with Gasteiger partial charge in [-0.05, 0) is 42.0 Å². The minimum Gasteiger partial charge on any atom is -0.480 e. The number of amides is 1. The van der Waals surface area contributed by atoms with Gasteiger partial charge in [0.2, 0.25) is 0 Å². The number of guanidine groups is 1. The number of hydrogen-bond donors (Lipinski definition) is 5. The van der Waals surface area contributed by atoms with Crippen molar-refractivity contribution in [3.8, 4) is 5.75 Å². The SMILES string of the molecule is N=C(N)Nc1ccc(C(=O)Oc2ccc(COC(=O)N(CC(=O)O)CC(=O)O)cc2)cc1. The number of esters is 1. The third-order valence-electron chi connectivity index (χ3n) is 3.81. The van der Waals surface area contributed by atoms with Crippen LogP contribution in [-0.4, -0.2) is 58.2 Å². The van der Waals surface area contributed by atoms with Crippen LogP contribution in [0.5, 0.6) is 5.75 Å². The number of rotatable bonds is 9. The van der Waals surface area contributed by atoms with Gasteiger partial charge < -0.3 is 30.7 Å². The third kappa shape index (κ3) is 7.67. The lowest BCUT2D eigenvalue weighted by Gasteiger charge is -2.18. The minimum absolute atomic E-state index is 0.231. The highest BCUT2D eigenvalue weighted by atomic mass is 16.6. The number of carbonyl (C=O) groups is 4. The lowest BCUT2D eigenvalue weighted by atomic mass is 10.2. The van der Waals surface area contributed by atoms with Crippen LogP contribution in [0, 0.1) is 5.41 Å². The molecular formula is C20H20N4O8. The monoisotopic (exact) mass is 444 g/mol. The number of nitrogens with zero attached hydrogens (tertiary/aromatic N) is 1. The van der Waals surface area contributed by atoms with Crippen LogP contribution in [0.25, 0.3) is 0 Å². The molecule has 32 heavy (non-hydrogen) atoms. The first-order valence-corrected chi connectivity index (χ1v) is 9.01. The highest BCUT2D eigenvalue weighted by Gasteiger charge is 2.21. The van der Waals surface area contributed by atoms with Crippen molar-refractivity contribution < 1.29 is 38.9 Å². The van der Waals surface area contributed by atoms with E-state index in [0.29, 0.717) is 16.2 Å². The van der Waals surface area contributed by atoms with E-state index in [2.05, 4.69) is 5.32 Å². The van der Waals surface area contributed by atoms with E-state index in [1.54, 1.807) is 12.1 Å². The molecule has 0 fully saturated rings. The Hall–Kier alpha value is -4.61. The smallest absolute Gasteiger partial charge is 0.411 e. The van der Waals surface area contributed by atoms with Gasteiger partial charge in [-0.3, -0.25) is 19.9 Å². The van der Waals surface area contributed by atoms with Gasteiger partial charge in [-0.1, -0.05) is 12.1 Å². The molecule has 0 atom stereocenters. The van der Waals surface area contributed by atoms with Crippen LogP contribution in [0.4, 0.5) is 10.5 Å². The number of ether oxygens (including phenoxy) is 2. The topological polar surface area (TPSA) is 192 Å². The molecule has 0 saturated heterocycles. The normalized spacial score (nSPS) is 10.0. The van der Waals surface area contributed by atoms with Crippen LogP contribution in [0.15, 0.2) is 48.5 Å². The molecule has 0 heterocycles. The summed E-state index contributed by atoms with van der Waals surface area (Å²) in [6, 6.07) is 12.1. The van der Waals surface area contributed by atoms with E-state index < -0.39 is 37.1 Å². The highest BCUT2D eigenvalue weighted by Crippen LogP contribution is 2.16. The molecule has 2 aromatic carbocycles. The Bertz CT molecular complexity index is 989. The number of nitrogens with one attached hydrogen (secondary N) is 2. The van der Waals surface area contributed by atoms with Gasteiger partial charge >= 0.3 is 24.0 Å². The van der Waals surface area contributed by atoms with E-state index in [1.807, 2.05) is 0 Å². The second-order valence-corrected chi connectivity index (χ2v) is 6.35. The number of carboxylic acids is 2.